The molecule has 0 aliphatic heterocycles. The fourth-order valence-corrected chi connectivity index (χ4v) is 10.2. The molecule has 1 aliphatic carbocycles. The standard InChI is InChI=1S/C29H23N2O.C23H32NSi.Ir/c1-29(2,3)22-14-5-7-16-24(22)31-25-17-8-6-15-23(25)30-28(31)21-13-10-12-20-19-11-4-9-18-26(19)32-27(20)21;1-17(2)19-10-12-20(13-11-19)22-15-21(14-18-8-6-7-9-18)23(16-24-22)25(3,4)5;/h4-12,14-18H,1-3H3;10-12,15-18H,6-9,14H2,1-5H3;/q2*-1;. The van der Waals surface area contributed by atoms with E-state index in [9.17, 15) is 0 Å². The number of fused-ring (bicyclic) bond motifs is 4. The molecular formula is C52H55IrN3OSi-2. The summed E-state index contributed by atoms with van der Waals surface area (Å²) in [6.45, 7) is 18.5. The van der Waals surface area contributed by atoms with Crippen LogP contribution in [0.2, 0.25) is 19.6 Å². The van der Waals surface area contributed by atoms with Crippen molar-refractivity contribution in [2.75, 3.05) is 0 Å². The smallest absolute Gasteiger partial charge is 0.120 e. The van der Waals surface area contributed by atoms with Crippen LogP contribution in [0.3, 0.4) is 0 Å². The molecule has 6 heteroatoms. The van der Waals surface area contributed by atoms with Crippen LogP contribution in [0, 0.1) is 18.1 Å². The second kappa shape index (κ2) is 16.9. The van der Waals surface area contributed by atoms with Crippen molar-refractivity contribution in [2.24, 2.45) is 5.92 Å². The number of hydrogen-bond donors (Lipinski definition) is 0. The molecular weight excluding hydrogens is 903 g/mol. The van der Waals surface area contributed by atoms with Gasteiger partial charge >= 0.3 is 0 Å². The SMILES string of the molecule is CC(C)(C)c1ccccc1-n1c(-c2[c-]ccc3c2oc2ccccc23)nc2ccccc21.CC(C)c1c[c-]c(-c2cc(CC3CCCC3)c([Si](C)(C)C)cn2)cc1.[Ir]. The second-order valence-corrected chi connectivity index (χ2v) is 23.3. The molecule has 0 amide bonds. The Morgan fingerprint density at radius 3 is 2.29 bits per heavy atom. The first-order valence-corrected chi connectivity index (χ1v) is 24.3. The van der Waals surface area contributed by atoms with Gasteiger partial charge in [-0.3, -0.25) is 4.98 Å². The van der Waals surface area contributed by atoms with Gasteiger partial charge in [-0.15, -0.1) is 53.6 Å². The molecule has 5 aromatic carbocycles. The van der Waals surface area contributed by atoms with Crippen LogP contribution in [0.4, 0.5) is 0 Å². The van der Waals surface area contributed by atoms with Crippen LogP contribution in [0.15, 0.2) is 120 Å². The van der Waals surface area contributed by atoms with Gasteiger partial charge in [0.1, 0.15) is 5.58 Å². The van der Waals surface area contributed by atoms with Crippen LogP contribution >= 0.6 is 0 Å². The zero-order valence-electron chi connectivity index (χ0n) is 35.2. The number of rotatable bonds is 7. The third-order valence-electron chi connectivity index (χ3n) is 11.6. The summed E-state index contributed by atoms with van der Waals surface area (Å²) in [5, 5.41) is 3.73. The Labute approximate surface area is 359 Å². The van der Waals surface area contributed by atoms with E-state index in [0.717, 1.165) is 67.2 Å². The summed E-state index contributed by atoms with van der Waals surface area (Å²) in [6.07, 6.45) is 9.04. The average Bonchev–Trinajstić information content (AvgIpc) is 3.95. The monoisotopic (exact) mass is 958 g/mol. The summed E-state index contributed by atoms with van der Waals surface area (Å²) in [5.74, 6) is 2.26. The molecule has 8 aromatic rings. The van der Waals surface area contributed by atoms with Gasteiger partial charge in [0, 0.05) is 37.4 Å². The first-order chi connectivity index (χ1) is 27.4. The van der Waals surface area contributed by atoms with Gasteiger partial charge in [0.15, 0.2) is 0 Å². The van der Waals surface area contributed by atoms with E-state index in [2.05, 4.69) is 156 Å². The Kier molecular flexibility index (Phi) is 12.1. The molecule has 3 heterocycles. The molecule has 1 aliphatic rings. The fourth-order valence-electron chi connectivity index (χ4n) is 8.57. The summed E-state index contributed by atoms with van der Waals surface area (Å²) in [6, 6.07) is 44.9. The minimum atomic E-state index is -1.37. The Bertz CT molecular complexity index is 2670. The van der Waals surface area contributed by atoms with Crippen molar-refractivity contribution < 1.29 is 24.5 Å². The normalized spacial score (nSPS) is 13.6. The fraction of sp³-hybridized carbons (Fsp3) is 0.308. The van der Waals surface area contributed by atoms with Gasteiger partial charge in [-0.05, 0) is 58.5 Å². The van der Waals surface area contributed by atoms with Crippen LogP contribution in [0.1, 0.15) is 82.9 Å². The van der Waals surface area contributed by atoms with E-state index >= 15 is 0 Å². The summed E-state index contributed by atoms with van der Waals surface area (Å²) >= 11 is 0. The number of hydrogen-bond acceptors (Lipinski definition) is 3. The molecule has 1 saturated carbocycles. The summed E-state index contributed by atoms with van der Waals surface area (Å²) < 4.78 is 8.60. The molecule has 0 saturated heterocycles. The maximum absolute atomic E-state index is 6.34. The van der Waals surface area contributed by atoms with E-state index < -0.39 is 8.07 Å². The Hall–Kier alpha value is -4.61. The Morgan fingerprint density at radius 2 is 1.57 bits per heavy atom. The van der Waals surface area contributed by atoms with Crippen molar-refractivity contribution in [2.45, 2.75) is 97.7 Å². The maximum atomic E-state index is 6.34. The zero-order chi connectivity index (χ0) is 39.9. The molecule has 4 nitrogen and oxygen atoms in total. The van der Waals surface area contributed by atoms with Crippen molar-refractivity contribution in [1.29, 1.82) is 0 Å². The Balaban J connectivity index is 0.000000179. The minimum Gasteiger partial charge on any atom is -0.501 e. The predicted molar refractivity (Wildman–Crippen MR) is 243 cm³/mol. The number of pyridine rings is 1. The number of aromatic nitrogens is 3. The molecule has 9 rings (SSSR count). The van der Waals surface area contributed by atoms with Crippen LogP contribution in [0.25, 0.3) is 61.3 Å². The summed E-state index contributed by atoms with van der Waals surface area (Å²) in [4.78, 5) is 9.90. The van der Waals surface area contributed by atoms with Crippen LogP contribution < -0.4 is 5.19 Å². The molecule has 299 valence electrons. The van der Waals surface area contributed by atoms with E-state index in [4.69, 9.17) is 14.4 Å². The molecule has 0 atom stereocenters. The minimum absolute atomic E-state index is 0. The molecule has 0 N–H and O–H groups in total. The van der Waals surface area contributed by atoms with Gasteiger partial charge in [0.2, 0.25) is 0 Å². The van der Waals surface area contributed by atoms with Crippen molar-refractivity contribution >= 4 is 46.2 Å². The van der Waals surface area contributed by atoms with Gasteiger partial charge in [0.25, 0.3) is 0 Å². The number of nitrogens with zero attached hydrogens (tertiary/aromatic N) is 3. The Morgan fingerprint density at radius 1 is 0.845 bits per heavy atom. The second-order valence-electron chi connectivity index (χ2n) is 18.2. The van der Waals surface area contributed by atoms with Crippen molar-refractivity contribution in [3.05, 3.63) is 144 Å². The first-order valence-electron chi connectivity index (χ1n) is 20.8. The van der Waals surface area contributed by atoms with E-state index in [-0.39, 0.29) is 25.5 Å². The number of benzene rings is 5. The van der Waals surface area contributed by atoms with Crippen LogP contribution in [-0.2, 0) is 31.9 Å². The molecule has 58 heavy (non-hydrogen) atoms. The predicted octanol–water partition coefficient (Wildman–Crippen LogP) is 13.6. The number of imidazole rings is 1. The first kappa shape index (κ1) is 41.5. The number of furan rings is 1. The van der Waals surface area contributed by atoms with Gasteiger partial charge in [0.05, 0.1) is 30.5 Å². The molecule has 0 spiro atoms. The van der Waals surface area contributed by atoms with E-state index in [0.29, 0.717) is 5.92 Å². The largest absolute Gasteiger partial charge is 0.501 e. The quantitative estimate of drug-likeness (QED) is 0.118. The summed E-state index contributed by atoms with van der Waals surface area (Å²) in [7, 11) is -1.37. The molecule has 0 bridgehead atoms. The maximum Gasteiger partial charge on any atom is 0.120 e. The third-order valence-corrected chi connectivity index (χ3v) is 13.7. The van der Waals surface area contributed by atoms with E-state index in [1.54, 1.807) is 10.8 Å². The van der Waals surface area contributed by atoms with Crippen molar-refractivity contribution in [3.63, 3.8) is 0 Å². The van der Waals surface area contributed by atoms with Crippen molar-refractivity contribution in [1.82, 2.24) is 14.5 Å². The number of para-hydroxylation sites is 4. The van der Waals surface area contributed by atoms with Gasteiger partial charge < -0.3 is 14.0 Å². The van der Waals surface area contributed by atoms with Gasteiger partial charge in [-0.2, -0.15) is 0 Å². The molecule has 0 unspecified atom stereocenters. The van der Waals surface area contributed by atoms with Crippen molar-refractivity contribution in [3.8, 4) is 28.3 Å². The van der Waals surface area contributed by atoms with E-state index in [1.165, 1.54) is 43.2 Å². The zero-order valence-corrected chi connectivity index (χ0v) is 38.6. The van der Waals surface area contributed by atoms with Gasteiger partial charge in [-0.1, -0.05) is 157 Å². The summed E-state index contributed by atoms with van der Waals surface area (Å²) in [5.41, 5.74) is 12.1. The van der Waals surface area contributed by atoms with Gasteiger partial charge in [-0.25, -0.2) is 0 Å². The van der Waals surface area contributed by atoms with Crippen LogP contribution in [0.5, 0.6) is 0 Å². The average molecular weight is 958 g/mol. The third kappa shape index (κ3) is 8.43. The molecule has 1 fully saturated rings. The van der Waals surface area contributed by atoms with Crippen LogP contribution in [-0.4, -0.2) is 22.6 Å². The molecule has 3 aromatic heterocycles. The van der Waals surface area contributed by atoms with E-state index in [1.807, 2.05) is 30.3 Å². The molecule has 1 radical (unpaired) electrons. The topological polar surface area (TPSA) is 43.9 Å².